The molecule has 1 rings (SSSR count). The molecule has 0 bridgehead atoms. The second-order valence-electron chi connectivity index (χ2n) is 3.85. The van der Waals surface area contributed by atoms with E-state index in [2.05, 4.69) is 5.32 Å². The zero-order valence-corrected chi connectivity index (χ0v) is 11.6. The van der Waals surface area contributed by atoms with Gasteiger partial charge < -0.3 is 5.32 Å². The van der Waals surface area contributed by atoms with Crippen molar-refractivity contribution in [1.29, 1.82) is 0 Å². The smallest absolute Gasteiger partial charge is 0.242 e. The van der Waals surface area contributed by atoms with Gasteiger partial charge in [0.2, 0.25) is 15.9 Å². The molecule has 0 heterocycles. The number of nitrogens with one attached hydrogen (secondary N) is 1. The number of nitrogens with zero attached hydrogens (tertiary/aromatic N) is 1. The summed E-state index contributed by atoms with van der Waals surface area (Å²) in [7, 11) is -1.95. The van der Waals surface area contributed by atoms with Crippen LogP contribution in [0.2, 0.25) is 0 Å². The lowest BCUT2D eigenvalue weighted by Crippen LogP contribution is -2.26. The number of hydrogen-bond acceptors (Lipinski definition) is 3. The molecule has 0 radical (unpaired) electrons. The second-order valence-corrected chi connectivity index (χ2v) is 5.89. The highest BCUT2D eigenvalue weighted by molar-refractivity contribution is 7.89. The van der Waals surface area contributed by atoms with E-state index in [0.717, 1.165) is 0 Å². The van der Waals surface area contributed by atoms with Crippen molar-refractivity contribution in [3.8, 4) is 0 Å². The fourth-order valence-electron chi connectivity index (χ4n) is 1.33. The van der Waals surface area contributed by atoms with E-state index in [-0.39, 0.29) is 10.8 Å². The molecule has 0 atom stereocenters. The van der Waals surface area contributed by atoms with Gasteiger partial charge in [-0.25, -0.2) is 12.7 Å². The van der Waals surface area contributed by atoms with E-state index < -0.39 is 10.0 Å². The molecule has 0 fully saturated rings. The Morgan fingerprint density at radius 3 is 2.56 bits per heavy atom. The van der Waals surface area contributed by atoms with Crippen molar-refractivity contribution in [2.45, 2.75) is 25.2 Å². The van der Waals surface area contributed by atoms with Gasteiger partial charge in [-0.15, -0.1) is 0 Å². The molecule has 0 aliphatic carbocycles. The molecule has 18 heavy (non-hydrogen) atoms. The van der Waals surface area contributed by atoms with E-state index in [0.29, 0.717) is 18.7 Å². The zero-order chi connectivity index (χ0) is 13.8. The minimum Gasteiger partial charge on any atom is -0.326 e. The topological polar surface area (TPSA) is 66.5 Å². The number of rotatable bonds is 5. The van der Waals surface area contributed by atoms with Crippen LogP contribution in [0.25, 0.3) is 0 Å². The molecule has 6 heteroatoms. The molecule has 5 nitrogen and oxygen atoms in total. The van der Waals surface area contributed by atoms with Crippen LogP contribution in [-0.2, 0) is 14.8 Å². The number of amides is 1. The minimum absolute atomic E-state index is 0.145. The number of carbonyl (C=O) groups is 1. The maximum absolute atomic E-state index is 12.1. The standard InChI is InChI=1S/C12H18N2O3S/c1-4-12(15)13-10-7-6-8-11(9-10)18(16,17)14(3)5-2/h6-9H,4-5H2,1-3H3,(H,13,15). The van der Waals surface area contributed by atoms with Crippen LogP contribution in [0.4, 0.5) is 5.69 Å². The minimum atomic E-state index is -3.47. The van der Waals surface area contributed by atoms with E-state index in [1.807, 2.05) is 0 Å². The van der Waals surface area contributed by atoms with Gasteiger partial charge in [0, 0.05) is 25.7 Å². The maximum atomic E-state index is 12.1. The van der Waals surface area contributed by atoms with Crippen LogP contribution in [-0.4, -0.2) is 32.2 Å². The third-order valence-corrected chi connectivity index (χ3v) is 4.52. The normalized spacial score (nSPS) is 11.6. The third kappa shape index (κ3) is 3.30. The Kier molecular flexibility index (Phi) is 4.86. The Morgan fingerprint density at radius 1 is 1.33 bits per heavy atom. The van der Waals surface area contributed by atoms with Gasteiger partial charge in [0.15, 0.2) is 0 Å². The van der Waals surface area contributed by atoms with E-state index >= 15 is 0 Å². The van der Waals surface area contributed by atoms with Gasteiger partial charge in [-0.2, -0.15) is 0 Å². The van der Waals surface area contributed by atoms with Crippen molar-refractivity contribution in [2.24, 2.45) is 0 Å². The van der Waals surface area contributed by atoms with Gasteiger partial charge in [-0.1, -0.05) is 19.9 Å². The van der Waals surface area contributed by atoms with Crippen molar-refractivity contribution in [1.82, 2.24) is 4.31 Å². The van der Waals surface area contributed by atoms with Gasteiger partial charge in [0.1, 0.15) is 0 Å². The largest absolute Gasteiger partial charge is 0.326 e. The number of sulfonamides is 1. The number of benzene rings is 1. The highest BCUT2D eigenvalue weighted by Gasteiger charge is 2.19. The number of hydrogen-bond donors (Lipinski definition) is 1. The molecule has 0 spiro atoms. The van der Waals surface area contributed by atoms with Crippen molar-refractivity contribution < 1.29 is 13.2 Å². The Hall–Kier alpha value is -1.40. The van der Waals surface area contributed by atoms with E-state index in [1.54, 1.807) is 26.0 Å². The third-order valence-electron chi connectivity index (χ3n) is 2.59. The summed E-state index contributed by atoms with van der Waals surface area (Å²) in [6.07, 6.45) is 0.353. The van der Waals surface area contributed by atoms with Crippen LogP contribution in [0, 0.1) is 0 Å². The average molecular weight is 270 g/mol. The van der Waals surface area contributed by atoms with E-state index in [9.17, 15) is 13.2 Å². The summed E-state index contributed by atoms with van der Waals surface area (Å²) in [5.41, 5.74) is 0.493. The van der Waals surface area contributed by atoms with Crippen molar-refractivity contribution in [3.63, 3.8) is 0 Å². The van der Waals surface area contributed by atoms with Gasteiger partial charge in [0.25, 0.3) is 0 Å². The van der Waals surface area contributed by atoms with Gasteiger partial charge in [-0.05, 0) is 18.2 Å². The molecule has 0 aromatic heterocycles. The van der Waals surface area contributed by atoms with Crippen molar-refractivity contribution in [2.75, 3.05) is 18.9 Å². The molecule has 0 saturated carbocycles. The SMILES string of the molecule is CCC(=O)Nc1cccc(S(=O)(=O)N(C)CC)c1. The summed E-state index contributed by atoms with van der Waals surface area (Å²) in [5, 5.41) is 2.64. The second kappa shape index (κ2) is 5.97. The van der Waals surface area contributed by atoms with Crippen molar-refractivity contribution in [3.05, 3.63) is 24.3 Å². The molecule has 1 aromatic carbocycles. The predicted molar refractivity (Wildman–Crippen MR) is 70.9 cm³/mol. The van der Waals surface area contributed by atoms with E-state index in [1.165, 1.54) is 23.5 Å². The molecule has 0 saturated heterocycles. The number of carbonyl (C=O) groups excluding carboxylic acids is 1. The zero-order valence-electron chi connectivity index (χ0n) is 10.8. The van der Waals surface area contributed by atoms with Gasteiger partial charge in [0.05, 0.1) is 4.90 Å². The highest BCUT2D eigenvalue weighted by atomic mass is 32.2. The van der Waals surface area contributed by atoms with Crippen LogP contribution in [0.3, 0.4) is 0 Å². The van der Waals surface area contributed by atoms with E-state index in [4.69, 9.17) is 0 Å². The highest BCUT2D eigenvalue weighted by Crippen LogP contribution is 2.18. The van der Waals surface area contributed by atoms with Gasteiger partial charge >= 0.3 is 0 Å². The summed E-state index contributed by atoms with van der Waals surface area (Å²) in [5.74, 6) is -0.145. The average Bonchev–Trinajstić information content (AvgIpc) is 2.37. The van der Waals surface area contributed by atoms with Crippen LogP contribution in [0.5, 0.6) is 0 Å². The lowest BCUT2D eigenvalue weighted by atomic mass is 10.3. The summed E-state index contributed by atoms with van der Waals surface area (Å²) >= 11 is 0. The Bertz CT molecular complexity index is 526. The molecule has 1 amide bonds. The molecule has 100 valence electrons. The number of anilines is 1. The molecular formula is C12H18N2O3S. The summed E-state index contributed by atoms with van der Waals surface area (Å²) in [4.78, 5) is 11.4. The van der Waals surface area contributed by atoms with Crippen LogP contribution >= 0.6 is 0 Å². The molecule has 0 aliphatic rings. The van der Waals surface area contributed by atoms with Crippen LogP contribution in [0.15, 0.2) is 29.2 Å². The van der Waals surface area contributed by atoms with Crippen molar-refractivity contribution >= 4 is 21.6 Å². The monoisotopic (exact) mass is 270 g/mol. The first kappa shape index (κ1) is 14.7. The fraction of sp³-hybridized carbons (Fsp3) is 0.417. The summed E-state index contributed by atoms with van der Waals surface area (Å²) in [6.45, 7) is 3.90. The molecule has 0 unspecified atom stereocenters. The molecular weight excluding hydrogens is 252 g/mol. The molecule has 1 aromatic rings. The molecule has 0 aliphatic heterocycles. The Labute approximate surface area is 108 Å². The van der Waals surface area contributed by atoms with Crippen LogP contribution < -0.4 is 5.32 Å². The Balaban J connectivity index is 3.06. The lowest BCUT2D eigenvalue weighted by Gasteiger charge is -2.15. The maximum Gasteiger partial charge on any atom is 0.242 e. The lowest BCUT2D eigenvalue weighted by molar-refractivity contribution is -0.115. The first-order valence-electron chi connectivity index (χ1n) is 5.78. The van der Waals surface area contributed by atoms with Crippen LogP contribution in [0.1, 0.15) is 20.3 Å². The predicted octanol–water partition coefficient (Wildman–Crippen LogP) is 1.68. The summed E-state index contributed by atoms with van der Waals surface area (Å²) < 4.78 is 25.4. The first-order valence-corrected chi connectivity index (χ1v) is 7.22. The quantitative estimate of drug-likeness (QED) is 0.885. The summed E-state index contributed by atoms with van der Waals surface area (Å²) in [6, 6.07) is 6.26. The first-order chi connectivity index (χ1) is 8.41. The Morgan fingerprint density at radius 2 is 2.00 bits per heavy atom. The fourth-order valence-corrected chi connectivity index (χ4v) is 2.56. The molecule has 1 N–H and O–H groups in total. The van der Waals surface area contributed by atoms with Gasteiger partial charge in [-0.3, -0.25) is 4.79 Å².